The molecule has 9 heteroatoms. The molecule has 3 unspecified atom stereocenters. The fraction of sp³-hybridized carbons (Fsp3) is 0.814. The second kappa shape index (κ2) is 60.5. The Morgan fingerprint density at radius 2 is 0.734 bits per heavy atom. The lowest BCUT2D eigenvalue weighted by atomic mass is 10.0. The number of aliphatic hydroxyl groups excluding tert-OH is 1. The molecule has 3 N–H and O–H groups in total. The number of carbonyl (C=O) groups is 1. The van der Waals surface area contributed by atoms with E-state index in [0.717, 1.165) is 57.8 Å². The summed E-state index contributed by atoms with van der Waals surface area (Å²) in [4.78, 5) is 23.4. The van der Waals surface area contributed by atoms with Crippen LogP contribution in [-0.2, 0) is 18.4 Å². The van der Waals surface area contributed by atoms with Crippen LogP contribution >= 0.6 is 7.82 Å². The Bertz CT molecular complexity index is 1520. The highest BCUT2D eigenvalue weighted by atomic mass is 31.2. The van der Waals surface area contributed by atoms with Crippen molar-refractivity contribution in [2.45, 2.75) is 328 Å². The average Bonchev–Trinajstić information content (AvgIpc) is 3.42. The van der Waals surface area contributed by atoms with E-state index in [1.165, 1.54) is 238 Å². The maximum atomic E-state index is 13.0. The summed E-state index contributed by atoms with van der Waals surface area (Å²) in [5.74, 6) is -0.194. The minimum Gasteiger partial charge on any atom is -0.387 e. The molecule has 0 bridgehead atoms. The zero-order chi connectivity index (χ0) is 57.7. The summed E-state index contributed by atoms with van der Waals surface area (Å²) >= 11 is 0. The van der Waals surface area contributed by atoms with Gasteiger partial charge >= 0.3 is 7.82 Å². The Labute approximate surface area is 491 Å². The molecule has 0 aliphatic carbocycles. The summed E-state index contributed by atoms with van der Waals surface area (Å²) in [5, 5.41) is 14.0. The molecule has 79 heavy (non-hydrogen) atoms. The van der Waals surface area contributed by atoms with Crippen LogP contribution in [0.5, 0.6) is 0 Å². The van der Waals surface area contributed by atoms with Crippen LogP contribution in [0.1, 0.15) is 316 Å². The Morgan fingerprint density at radius 1 is 0.430 bits per heavy atom. The number of amides is 1. The van der Waals surface area contributed by atoms with E-state index < -0.39 is 20.0 Å². The number of hydrogen-bond donors (Lipinski definition) is 3. The predicted molar refractivity (Wildman–Crippen MR) is 346 cm³/mol. The number of carbonyl (C=O) groups excluding carboxylic acids is 1. The SMILES string of the molecule is CCCCCCC/C=C\C/C=C\C/C=C\CCCCCCCCCCCCC(=O)NC(COP(=O)(O)OCC[N+](C)(C)C)C(O)/C=C/CC/C=C/CC/C=C/CCCCCCCCCCCCCCCCCCCCCCCC. The zero-order valence-electron chi connectivity index (χ0n) is 52.9. The van der Waals surface area contributed by atoms with Crippen molar-refractivity contribution in [1.82, 2.24) is 5.32 Å². The molecule has 0 heterocycles. The zero-order valence-corrected chi connectivity index (χ0v) is 53.8. The van der Waals surface area contributed by atoms with E-state index >= 15 is 0 Å². The molecule has 0 radical (unpaired) electrons. The minimum absolute atomic E-state index is 0.0503. The van der Waals surface area contributed by atoms with Crippen LogP contribution in [-0.4, -0.2) is 73.4 Å². The number of phosphoric acid groups is 1. The van der Waals surface area contributed by atoms with E-state index in [0.29, 0.717) is 17.4 Å². The van der Waals surface area contributed by atoms with Crippen molar-refractivity contribution in [1.29, 1.82) is 0 Å². The van der Waals surface area contributed by atoms with Gasteiger partial charge in [-0.3, -0.25) is 13.8 Å². The molecule has 0 aromatic carbocycles. The third-order valence-corrected chi connectivity index (χ3v) is 16.1. The average molecular weight is 1130 g/mol. The first-order chi connectivity index (χ1) is 38.5. The molecule has 0 aromatic rings. The number of likely N-dealkylation sites (N-methyl/N-ethyl adjacent to an activating group) is 1. The predicted octanol–water partition coefficient (Wildman–Crippen LogP) is 21.4. The normalized spacial score (nSPS) is 14.2. The summed E-state index contributed by atoms with van der Waals surface area (Å²) in [6, 6.07) is -0.878. The molecule has 0 aromatic heterocycles. The Hall–Kier alpha value is -2.06. The van der Waals surface area contributed by atoms with Crippen molar-refractivity contribution < 1.29 is 32.9 Å². The summed E-state index contributed by atoms with van der Waals surface area (Å²) in [7, 11) is 1.54. The number of nitrogens with one attached hydrogen (secondary N) is 1. The molecule has 0 spiro atoms. The summed E-state index contributed by atoms with van der Waals surface area (Å²) in [5.41, 5.74) is 0. The second-order valence-corrected chi connectivity index (χ2v) is 25.6. The summed E-state index contributed by atoms with van der Waals surface area (Å²) in [6.45, 7) is 4.80. The number of quaternary nitrogens is 1. The van der Waals surface area contributed by atoms with Crippen molar-refractivity contribution in [3.63, 3.8) is 0 Å². The van der Waals surface area contributed by atoms with Gasteiger partial charge in [0, 0.05) is 6.42 Å². The van der Waals surface area contributed by atoms with Gasteiger partial charge in [0.2, 0.25) is 5.91 Å². The number of rotatable bonds is 62. The van der Waals surface area contributed by atoms with E-state index in [1.807, 2.05) is 27.2 Å². The Kier molecular flexibility index (Phi) is 59.0. The number of unbranched alkanes of at least 4 members (excludes halogenated alkanes) is 39. The number of allylic oxidation sites excluding steroid dienone is 11. The molecule has 3 atom stereocenters. The Balaban J connectivity index is 4.18. The molecule has 0 rings (SSSR count). The van der Waals surface area contributed by atoms with Crippen molar-refractivity contribution >= 4 is 13.7 Å². The van der Waals surface area contributed by atoms with Gasteiger partial charge in [0.25, 0.3) is 0 Å². The molecule has 8 nitrogen and oxygen atoms in total. The van der Waals surface area contributed by atoms with Gasteiger partial charge in [-0.15, -0.1) is 0 Å². The first-order valence-corrected chi connectivity index (χ1v) is 35.3. The first kappa shape index (κ1) is 76.9. The van der Waals surface area contributed by atoms with E-state index in [2.05, 4.69) is 79.9 Å². The number of phosphoric ester groups is 1. The van der Waals surface area contributed by atoms with E-state index in [1.54, 1.807) is 6.08 Å². The molecule has 1 amide bonds. The van der Waals surface area contributed by atoms with Crippen LogP contribution in [0.2, 0.25) is 0 Å². The summed E-state index contributed by atoms with van der Waals surface area (Å²) in [6.07, 6.45) is 84.8. The Morgan fingerprint density at radius 3 is 1.10 bits per heavy atom. The van der Waals surface area contributed by atoms with Crippen LogP contribution in [0.15, 0.2) is 72.9 Å². The maximum absolute atomic E-state index is 13.0. The molecule has 0 aliphatic heterocycles. The molecule has 0 saturated carbocycles. The van der Waals surface area contributed by atoms with Crippen LogP contribution in [0, 0.1) is 0 Å². The van der Waals surface area contributed by atoms with Gasteiger partial charge in [-0.1, -0.05) is 299 Å². The smallest absolute Gasteiger partial charge is 0.387 e. The molecular formula is C70H132N2O6P+. The molecule has 462 valence electrons. The first-order valence-electron chi connectivity index (χ1n) is 33.8. The van der Waals surface area contributed by atoms with E-state index in [4.69, 9.17) is 9.05 Å². The van der Waals surface area contributed by atoms with Gasteiger partial charge in [0.15, 0.2) is 0 Å². The lowest BCUT2D eigenvalue weighted by Crippen LogP contribution is -2.45. The van der Waals surface area contributed by atoms with Crippen molar-refractivity contribution in [3.05, 3.63) is 72.9 Å². The van der Waals surface area contributed by atoms with Crippen LogP contribution in [0.25, 0.3) is 0 Å². The third-order valence-electron chi connectivity index (χ3n) is 15.1. The van der Waals surface area contributed by atoms with E-state index in [9.17, 15) is 19.4 Å². The van der Waals surface area contributed by atoms with Gasteiger partial charge in [0.05, 0.1) is 39.9 Å². The minimum atomic E-state index is -4.37. The van der Waals surface area contributed by atoms with Gasteiger partial charge in [0.1, 0.15) is 13.2 Å². The van der Waals surface area contributed by atoms with Gasteiger partial charge < -0.3 is 19.8 Å². The van der Waals surface area contributed by atoms with Crippen LogP contribution in [0.3, 0.4) is 0 Å². The number of aliphatic hydroxyl groups is 1. The van der Waals surface area contributed by atoms with Crippen molar-refractivity contribution in [3.8, 4) is 0 Å². The number of nitrogens with zero attached hydrogens (tertiary/aromatic N) is 1. The molecule has 0 aliphatic rings. The summed E-state index contributed by atoms with van der Waals surface area (Å²) < 4.78 is 23.8. The van der Waals surface area contributed by atoms with Crippen molar-refractivity contribution in [2.24, 2.45) is 0 Å². The quantitative estimate of drug-likeness (QED) is 0.0243. The maximum Gasteiger partial charge on any atom is 0.472 e. The van der Waals surface area contributed by atoms with Crippen LogP contribution < -0.4 is 5.32 Å². The van der Waals surface area contributed by atoms with Crippen molar-refractivity contribution in [2.75, 3.05) is 40.9 Å². The molecular weight excluding hydrogens is 996 g/mol. The van der Waals surface area contributed by atoms with Gasteiger partial charge in [-0.25, -0.2) is 4.57 Å². The monoisotopic (exact) mass is 1130 g/mol. The third kappa shape index (κ3) is 63.4. The molecule has 0 fully saturated rings. The fourth-order valence-corrected chi connectivity index (χ4v) is 10.6. The highest BCUT2D eigenvalue weighted by Gasteiger charge is 2.28. The highest BCUT2D eigenvalue weighted by Crippen LogP contribution is 2.43. The lowest BCUT2D eigenvalue weighted by molar-refractivity contribution is -0.870. The standard InChI is InChI=1S/C70H131N2O6P/c1-6-8-10-12-14-16-18-20-22-24-26-28-30-32-33-34-35-36-37-38-40-41-43-45-47-49-51-53-55-57-59-61-63-69(73)68(67-78-79(75,76)77-66-65-72(3,4)5)71-70(74)64-62-60-58-56-54-52-50-48-46-44-42-39-31-29-27-25-23-21-19-17-15-13-11-9-7-2/h19,21,25,27,31,39,45,47,53,55,61,63,68-69,73H,6-18,20,22-24,26,28-30,32-38,40-44,46,48-52,54,56-60,62,64-67H2,1-5H3,(H-,71,74,75,76)/p+1/b21-19-,27-25-,39-31-,47-45+,55-53+,63-61+. The topological polar surface area (TPSA) is 105 Å². The van der Waals surface area contributed by atoms with Crippen LogP contribution in [0.4, 0.5) is 0 Å². The molecule has 0 saturated heterocycles. The van der Waals surface area contributed by atoms with E-state index in [-0.39, 0.29) is 19.1 Å². The lowest BCUT2D eigenvalue weighted by Gasteiger charge is -2.25. The largest absolute Gasteiger partial charge is 0.472 e. The highest BCUT2D eigenvalue weighted by molar-refractivity contribution is 7.47. The van der Waals surface area contributed by atoms with Gasteiger partial charge in [-0.2, -0.15) is 0 Å². The van der Waals surface area contributed by atoms with Gasteiger partial charge in [-0.05, 0) is 83.5 Å². The number of hydrogen-bond acceptors (Lipinski definition) is 5. The second-order valence-electron chi connectivity index (χ2n) is 24.2. The fourth-order valence-electron chi connectivity index (χ4n) is 9.85.